The maximum absolute atomic E-state index is 13.9. The zero-order valence-corrected chi connectivity index (χ0v) is 25.1. The summed E-state index contributed by atoms with van der Waals surface area (Å²) in [6, 6.07) is 9.85. The molecular formula is C33H37N3O8. The zero-order valence-electron chi connectivity index (χ0n) is 25.1. The molecule has 0 saturated heterocycles. The number of phenols is 1. The van der Waals surface area contributed by atoms with Crippen molar-refractivity contribution in [2.45, 2.75) is 39.3 Å². The standard InChI is InChI=1S/C33H37N3O8/c1-15(2)14-44-33(43)35-13-16-5-7-17(8-6-16)19-9-10-22(37)24-20(19)11-18-12-21-25(29(39)23(18)28(24)38)30(40)26(32(34)42)31(41)27(21)36(3)4/h5-10,15,18,21,25,27,37-38,41H,11-14H2,1-4H3,(H2,34,42)(H,35,43)/t18-,21+,25?,27-/m0/s1. The van der Waals surface area contributed by atoms with Gasteiger partial charge in [0.05, 0.1) is 24.1 Å². The summed E-state index contributed by atoms with van der Waals surface area (Å²) in [6.07, 6.45) is 0.0652. The Hall–Kier alpha value is -4.64. The number of rotatable bonds is 7. The van der Waals surface area contributed by atoms with E-state index in [-0.39, 0.29) is 35.8 Å². The number of allylic oxidation sites excluding steroid dienone is 1. The van der Waals surface area contributed by atoms with E-state index in [9.17, 15) is 34.5 Å². The molecule has 232 valence electrons. The highest BCUT2D eigenvalue weighted by Gasteiger charge is 2.55. The number of primary amides is 1. The van der Waals surface area contributed by atoms with Gasteiger partial charge in [0.1, 0.15) is 22.8 Å². The fourth-order valence-corrected chi connectivity index (χ4v) is 6.81. The first-order valence-corrected chi connectivity index (χ1v) is 14.6. The number of alkyl carbamates (subject to hydrolysis) is 1. The summed E-state index contributed by atoms with van der Waals surface area (Å²) in [6.45, 7) is 4.50. The van der Waals surface area contributed by atoms with E-state index in [2.05, 4.69) is 5.32 Å². The number of ether oxygens (including phenoxy) is 1. The Balaban J connectivity index is 1.48. The number of Topliss-reactive ketones (excluding diaryl/α,β-unsaturated/α-hetero) is 2. The van der Waals surface area contributed by atoms with Gasteiger partial charge in [0, 0.05) is 12.1 Å². The molecule has 0 aromatic heterocycles. The first-order chi connectivity index (χ1) is 20.8. The number of hydrogen-bond donors (Lipinski definition) is 5. The van der Waals surface area contributed by atoms with E-state index < -0.39 is 64.5 Å². The molecule has 2 aromatic rings. The Morgan fingerprint density at radius 2 is 1.73 bits per heavy atom. The van der Waals surface area contributed by atoms with Crippen LogP contribution in [0, 0.1) is 23.7 Å². The predicted octanol–water partition coefficient (Wildman–Crippen LogP) is 3.40. The minimum Gasteiger partial charge on any atom is -0.510 e. The SMILES string of the molecule is CC(C)COC(=O)NCc1ccc(-c2ccc(O)c3c2C[C@H]2C[C@@H]4C(C(=O)C(C(N)=O)=C(O)[C@H]4N(C)C)C(=O)C2=C3O)cc1. The van der Waals surface area contributed by atoms with Crippen molar-refractivity contribution in [2.75, 3.05) is 20.7 Å². The molecule has 3 aliphatic rings. The Kier molecular flexibility index (Phi) is 8.26. The van der Waals surface area contributed by atoms with Gasteiger partial charge < -0.3 is 31.1 Å². The third kappa shape index (κ3) is 5.32. The Morgan fingerprint density at radius 1 is 1.05 bits per heavy atom. The number of fused-ring (bicyclic) bond motifs is 3. The Bertz CT molecular complexity index is 1610. The number of phenolic OH excluding ortho intramolecular Hbond substituents is 1. The van der Waals surface area contributed by atoms with Crippen LogP contribution in [-0.4, -0.2) is 70.5 Å². The molecule has 11 heteroatoms. The molecule has 6 N–H and O–H groups in total. The molecule has 1 unspecified atom stereocenters. The van der Waals surface area contributed by atoms with Gasteiger partial charge in [-0.15, -0.1) is 0 Å². The second kappa shape index (κ2) is 11.8. The molecule has 4 atom stereocenters. The average molecular weight is 604 g/mol. The van der Waals surface area contributed by atoms with E-state index in [1.165, 1.54) is 6.07 Å². The van der Waals surface area contributed by atoms with Crippen LogP contribution >= 0.6 is 0 Å². The predicted molar refractivity (Wildman–Crippen MR) is 161 cm³/mol. The van der Waals surface area contributed by atoms with E-state index in [0.29, 0.717) is 18.6 Å². The highest BCUT2D eigenvalue weighted by Crippen LogP contribution is 2.51. The number of hydrogen-bond acceptors (Lipinski definition) is 9. The van der Waals surface area contributed by atoms with Crippen LogP contribution in [0.5, 0.6) is 5.75 Å². The van der Waals surface area contributed by atoms with Crippen LogP contribution in [0.2, 0.25) is 0 Å². The number of aliphatic hydroxyl groups excluding tert-OH is 2. The fraction of sp³-hybridized carbons (Fsp3) is 0.394. The number of amides is 2. The van der Waals surface area contributed by atoms with E-state index >= 15 is 0 Å². The van der Waals surface area contributed by atoms with Gasteiger partial charge >= 0.3 is 6.09 Å². The Labute approximate surface area is 255 Å². The topological polar surface area (TPSA) is 179 Å². The summed E-state index contributed by atoms with van der Waals surface area (Å²) in [5.41, 5.74) is 8.03. The molecule has 0 radical (unpaired) electrons. The molecule has 0 heterocycles. The van der Waals surface area contributed by atoms with Crippen LogP contribution in [0.1, 0.15) is 37.0 Å². The van der Waals surface area contributed by atoms with Gasteiger partial charge in [-0.25, -0.2) is 4.79 Å². The molecule has 44 heavy (non-hydrogen) atoms. The van der Waals surface area contributed by atoms with Crippen LogP contribution in [0.15, 0.2) is 53.3 Å². The third-order valence-electron chi connectivity index (χ3n) is 8.70. The molecule has 1 fully saturated rings. The quantitative estimate of drug-likeness (QED) is 0.234. The molecule has 2 aromatic carbocycles. The van der Waals surface area contributed by atoms with E-state index in [1.807, 2.05) is 38.1 Å². The van der Waals surface area contributed by atoms with Crippen molar-refractivity contribution in [1.82, 2.24) is 10.2 Å². The van der Waals surface area contributed by atoms with Crippen LogP contribution in [0.25, 0.3) is 16.9 Å². The zero-order chi connectivity index (χ0) is 32.0. The lowest BCUT2D eigenvalue weighted by atomic mass is 9.59. The lowest BCUT2D eigenvalue weighted by Crippen LogP contribution is -2.55. The molecule has 2 amide bonds. The average Bonchev–Trinajstić information content (AvgIpc) is 2.94. The van der Waals surface area contributed by atoms with E-state index in [4.69, 9.17) is 10.5 Å². The molecule has 0 aliphatic heterocycles. The molecule has 0 bridgehead atoms. The van der Waals surface area contributed by atoms with Gasteiger partial charge in [0.25, 0.3) is 5.91 Å². The lowest BCUT2D eigenvalue weighted by molar-refractivity contribution is -0.136. The first-order valence-electron chi connectivity index (χ1n) is 14.6. The van der Waals surface area contributed by atoms with Crippen molar-refractivity contribution in [1.29, 1.82) is 0 Å². The van der Waals surface area contributed by atoms with Crippen molar-refractivity contribution in [3.05, 3.63) is 70.0 Å². The number of nitrogens with one attached hydrogen (secondary N) is 1. The molecule has 3 aliphatic carbocycles. The van der Waals surface area contributed by atoms with Gasteiger partial charge in [0.15, 0.2) is 11.6 Å². The van der Waals surface area contributed by atoms with Crippen LogP contribution in [0.4, 0.5) is 4.79 Å². The number of nitrogens with two attached hydrogens (primary N) is 1. The minimum absolute atomic E-state index is 0.0352. The lowest BCUT2D eigenvalue weighted by Gasteiger charge is -2.46. The maximum Gasteiger partial charge on any atom is 0.407 e. The summed E-state index contributed by atoms with van der Waals surface area (Å²) >= 11 is 0. The maximum atomic E-state index is 13.9. The molecular weight excluding hydrogens is 566 g/mol. The monoisotopic (exact) mass is 603 g/mol. The fourth-order valence-electron chi connectivity index (χ4n) is 6.81. The summed E-state index contributed by atoms with van der Waals surface area (Å²) in [5.74, 6) is -5.89. The third-order valence-corrected chi connectivity index (χ3v) is 8.70. The molecule has 5 rings (SSSR count). The Morgan fingerprint density at radius 3 is 2.34 bits per heavy atom. The van der Waals surface area contributed by atoms with Gasteiger partial charge in [0.2, 0.25) is 0 Å². The molecule has 0 spiro atoms. The number of aliphatic hydroxyl groups is 2. The van der Waals surface area contributed by atoms with Crippen LogP contribution in [0.3, 0.4) is 0 Å². The van der Waals surface area contributed by atoms with Gasteiger partial charge in [-0.2, -0.15) is 0 Å². The number of likely N-dealkylation sites (N-methyl/N-ethyl adjacent to an activating group) is 1. The number of carbonyl (C=O) groups excluding carboxylic acids is 4. The largest absolute Gasteiger partial charge is 0.510 e. The summed E-state index contributed by atoms with van der Waals surface area (Å²) < 4.78 is 5.15. The van der Waals surface area contributed by atoms with E-state index in [1.54, 1.807) is 25.1 Å². The summed E-state index contributed by atoms with van der Waals surface area (Å²) in [7, 11) is 3.36. The molecule has 11 nitrogen and oxygen atoms in total. The number of ketones is 2. The highest BCUT2D eigenvalue weighted by atomic mass is 16.5. The van der Waals surface area contributed by atoms with Crippen molar-refractivity contribution in [2.24, 2.45) is 29.4 Å². The van der Waals surface area contributed by atoms with Crippen molar-refractivity contribution >= 4 is 29.3 Å². The minimum atomic E-state index is -1.30. The number of nitrogens with zero attached hydrogens (tertiary/aromatic N) is 1. The summed E-state index contributed by atoms with van der Waals surface area (Å²) in [4.78, 5) is 53.0. The number of carbonyl (C=O) groups is 4. The second-order valence-electron chi connectivity index (χ2n) is 12.3. The first kappa shape index (κ1) is 30.8. The smallest absolute Gasteiger partial charge is 0.407 e. The number of aromatic hydroxyl groups is 1. The van der Waals surface area contributed by atoms with E-state index in [0.717, 1.165) is 16.7 Å². The van der Waals surface area contributed by atoms with Gasteiger partial charge in [-0.05, 0) is 73.0 Å². The van der Waals surface area contributed by atoms with Crippen molar-refractivity contribution in [3.8, 4) is 16.9 Å². The number of benzene rings is 2. The van der Waals surface area contributed by atoms with Crippen LogP contribution < -0.4 is 11.1 Å². The van der Waals surface area contributed by atoms with Crippen molar-refractivity contribution in [3.63, 3.8) is 0 Å². The highest BCUT2D eigenvalue weighted by molar-refractivity contribution is 6.28. The molecule has 1 saturated carbocycles. The van der Waals surface area contributed by atoms with Gasteiger partial charge in [-0.1, -0.05) is 44.2 Å². The van der Waals surface area contributed by atoms with Crippen LogP contribution in [-0.2, 0) is 32.1 Å². The van der Waals surface area contributed by atoms with Crippen molar-refractivity contribution < 1.29 is 39.2 Å². The normalized spacial score (nSPS) is 23.0. The van der Waals surface area contributed by atoms with Gasteiger partial charge in [-0.3, -0.25) is 19.3 Å². The summed E-state index contributed by atoms with van der Waals surface area (Å²) in [5, 5.41) is 36.0. The second-order valence-corrected chi connectivity index (χ2v) is 12.3.